The summed E-state index contributed by atoms with van der Waals surface area (Å²) < 4.78 is 36.2. The standard InChI is InChI=1S/C9H15N3O10P2/c10-7-1-2-12(9(14)11-7)8-3-5(13)6(21-8)4-20-24(18,19)22-23(15,16)17/h1-2,5-6,8,13H,3-4H2,(H,18,19)(H2,10,11,14)(H2,15,16,17)/t5-,6-,8-/m1/s1. The van der Waals surface area contributed by atoms with Gasteiger partial charge in [-0.15, -0.1) is 0 Å². The van der Waals surface area contributed by atoms with Crippen LogP contribution in [0, 0.1) is 0 Å². The highest BCUT2D eigenvalue weighted by atomic mass is 31.3. The summed E-state index contributed by atoms with van der Waals surface area (Å²) in [5, 5.41) is 9.86. The summed E-state index contributed by atoms with van der Waals surface area (Å²) in [6.07, 6.45) is -1.97. The van der Waals surface area contributed by atoms with Crippen LogP contribution < -0.4 is 11.4 Å². The maximum atomic E-state index is 11.7. The average molecular weight is 387 g/mol. The summed E-state index contributed by atoms with van der Waals surface area (Å²) in [4.78, 5) is 41.3. The lowest BCUT2D eigenvalue weighted by molar-refractivity contribution is -0.0449. The van der Waals surface area contributed by atoms with Crippen LogP contribution in [0.2, 0.25) is 0 Å². The first kappa shape index (κ1) is 19.2. The van der Waals surface area contributed by atoms with Crippen LogP contribution in [0.15, 0.2) is 17.1 Å². The van der Waals surface area contributed by atoms with Gasteiger partial charge in [-0.2, -0.15) is 9.29 Å². The molecule has 6 N–H and O–H groups in total. The third-order valence-corrected chi connectivity index (χ3v) is 5.13. The molecule has 0 aromatic carbocycles. The predicted molar refractivity (Wildman–Crippen MR) is 76.3 cm³/mol. The van der Waals surface area contributed by atoms with Crippen molar-refractivity contribution in [3.05, 3.63) is 22.7 Å². The maximum Gasteiger partial charge on any atom is 0.481 e. The Labute approximate surface area is 134 Å². The normalized spacial score (nSPS) is 27.1. The van der Waals surface area contributed by atoms with Crippen LogP contribution in [0.4, 0.5) is 5.82 Å². The number of aliphatic hydroxyl groups excluding tert-OH is 1. The van der Waals surface area contributed by atoms with Crippen LogP contribution in [0.3, 0.4) is 0 Å². The number of nitrogens with zero attached hydrogens (tertiary/aromatic N) is 2. The van der Waals surface area contributed by atoms with Crippen molar-refractivity contribution in [1.29, 1.82) is 0 Å². The first-order valence-corrected chi connectivity index (χ1v) is 9.42. The number of aliphatic hydroxyl groups is 1. The second-order valence-corrected chi connectivity index (χ2v) is 7.64. The average Bonchev–Trinajstić information content (AvgIpc) is 2.75. The summed E-state index contributed by atoms with van der Waals surface area (Å²) in [6.45, 7) is -0.706. The van der Waals surface area contributed by atoms with Crippen molar-refractivity contribution in [1.82, 2.24) is 9.55 Å². The third-order valence-electron chi connectivity index (χ3n) is 2.98. The van der Waals surface area contributed by atoms with E-state index in [4.69, 9.17) is 25.2 Å². The van der Waals surface area contributed by atoms with E-state index in [-0.39, 0.29) is 12.2 Å². The van der Waals surface area contributed by atoms with Crippen LogP contribution in [0.1, 0.15) is 12.6 Å². The van der Waals surface area contributed by atoms with Gasteiger partial charge in [0.25, 0.3) is 0 Å². The molecule has 4 atom stereocenters. The van der Waals surface area contributed by atoms with Gasteiger partial charge in [-0.1, -0.05) is 0 Å². The van der Waals surface area contributed by atoms with Crippen LogP contribution in [0.5, 0.6) is 0 Å². The Morgan fingerprint density at radius 3 is 2.67 bits per heavy atom. The van der Waals surface area contributed by atoms with Gasteiger partial charge in [0.2, 0.25) is 0 Å². The number of nitrogens with two attached hydrogens (primary N) is 1. The van der Waals surface area contributed by atoms with E-state index in [1.807, 2.05) is 0 Å². The summed E-state index contributed by atoms with van der Waals surface area (Å²) in [7, 11) is -10.3. The predicted octanol–water partition coefficient (Wildman–Crippen LogP) is -1.30. The van der Waals surface area contributed by atoms with E-state index in [0.29, 0.717) is 0 Å². The first-order valence-electron chi connectivity index (χ1n) is 6.39. The second-order valence-electron chi connectivity index (χ2n) is 4.81. The fourth-order valence-corrected chi connectivity index (χ4v) is 3.61. The van der Waals surface area contributed by atoms with Gasteiger partial charge >= 0.3 is 21.3 Å². The minimum Gasteiger partial charge on any atom is -0.390 e. The molecule has 1 aliphatic rings. The molecular weight excluding hydrogens is 372 g/mol. The Balaban J connectivity index is 2.00. The van der Waals surface area contributed by atoms with Crippen molar-refractivity contribution in [2.45, 2.75) is 24.9 Å². The van der Waals surface area contributed by atoms with Gasteiger partial charge < -0.3 is 30.3 Å². The molecule has 1 unspecified atom stereocenters. The summed E-state index contributed by atoms with van der Waals surface area (Å²) in [5.74, 6) is 0.00508. The molecule has 1 fully saturated rings. The molecule has 24 heavy (non-hydrogen) atoms. The molecule has 1 aromatic rings. The molecule has 2 heterocycles. The summed E-state index contributed by atoms with van der Waals surface area (Å²) in [5.41, 5.74) is 4.64. The molecule has 0 saturated carbocycles. The number of hydrogen-bond donors (Lipinski definition) is 5. The van der Waals surface area contributed by atoms with E-state index in [2.05, 4.69) is 13.8 Å². The SMILES string of the molecule is Nc1ccn([C@H]2C[C@@H](O)[C@@H](COP(=O)(O)OP(=O)(O)O)O2)c(=O)n1. The molecule has 1 saturated heterocycles. The highest BCUT2D eigenvalue weighted by molar-refractivity contribution is 7.60. The van der Waals surface area contributed by atoms with Crippen molar-refractivity contribution >= 4 is 21.5 Å². The number of ether oxygens (including phenoxy) is 1. The number of rotatable bonds is 6. The van der Waals surface area contributed by atoms with E-state index in [1.54, 1.807) is 0 Å². The Morgan fingerprint density at radius 2 is 2.08 bits per heavy atom. The fourth-order valence-electron chi connectivity index (χ4n) is 2.01. The van der Waals surface area contributed by atoms with Gasteiger partial charge in [0.05, 0.1) is 12.7 Å². The van der Waals surface area contributed by atoms with Gasteiger partial charge in [0.15, 0.2) is 0 Å². The topological polar surface area (TPSA) is 204 Å². The Kier molecular flexibility index (Phi) is 5.60. The minimum absolute atomic E-state index is 0.00508. The zero-order valence-corrected chi connectivity index (χ0v) is 13.7. The first-order chi connectivity index (χ1) is 11.0. The molecule has 2 rings (SSSR count). The van der Waals surface area contributed by atoms with E-state index < -0.39 is 46.4 Å². The van der Waals surface area contributed by atoms with Gasteiger partial charge in [-0.25, -0.2) is 13.9 Å². The lowest BCUT2D eigenvalue weighted by Crippen LogP contribution is -2.28. The van der Waals surface area contributed by atoms with Gasteiger partial charge in [-0.3, -0.25) is 9.09 Å². The largest absolute Gasteiger partial charge is 0.481 e. The molecule has 13 nitrogen and oxygen atoms in total. The molecular formula is C9H15N3O10P2. The molecule has 0 radical (unpaired) electrons. The smallest absolute Gasteiger partial charge is 0.390 e. The van der Waals surface area contributed by atoms with Gasteiger partial charge in [-0.05, 0) is 6.07 Å². The van der Waals surface area contributed by atoms with Crippen molar-refractivity contribution in [2.75, 3.05) is 12.3 Å². The van der Waals surface area contributed by atoms with Crippen molar-refractivity contribution in [3.8, 4) is 0 Å². The van der Waals surface area contributed by atoms with E-state index in [1.165, 1.54) is 12.3 Å². The number of aromatic nitrogens is 2. The summed E-state index contributed by atoms with van der Waals surface area (Å²) in [6, 6.07) is 1.34. The Morgan fingerprint density at radius 1 is 1.42 bits per heavy atom. The molecule has 136 valence electrons. The molecule has 0 bridgehead atoms. The molecule has 15 heteroatoms. The van der Waals surface area contributed by atoms with Gasteiger partial charge in [0, 0.05) is 12.6 Å². The Bertz CT molecular complexity index is 747. The van der Waals surface area contributed by atoms with Crippen LogP contribution in [0.25, 0.3) is 0 Å². The number of nitrogen functional groups attached to an aromatic ring is 1. The monoisotopic (exact) mass is 387 g/mol. The Hall–Kier alpha value is -1.14. The molecule has 1 aliphatic heterocycles. The number of anilines is 1. The van der Waals surface area contributed by atoms with Crippen LogP contribution in [-0.4, -0.2) is 48.2 Å². The van der Waals surface area contributed by atoms with E-state index in [9.17, 15) is 19.0 Å². The van der Waals surface area contributed by atoms with Crippen LogP contribution in [-0.2, 0) is 22.7 Å². The van der Waals surface area contributed by atoms with Crippen molar-refractivity contribution < 1.29 is 42.5 Å². The molecule has 0 amide bonds. The third kappa shape index (κ3) is 5.18. The van der Waals surface area contributed by atoms with Crippen molar-refractivity contribution in [3.63, 3.8) is 0 Å². The minimum atomic E-state index is -5.24. The zero-order valence-electron chi connectivity index (χ0n) is 11.9. The fraction of sp³-hybridized carbons (Fsp3) is 0.556. The summed E-state index contributed by atoms with van der Waals surface area (Å²) >= 11 is 0. The lowest BCUT2D eigenvalue weighted by Gasteiger charge is -2.18. The zero-order chi connectivity index (χ0) is 18.1. The number of phosphoric acid groups is 2. The molecule has 0 aliphatic carbocycles. The molecule has 0 spiro atoms. The van der Waals surface area contributed by atoms with Gasteiger partial charge in [0.1, 0.15) is 18.1 Å². The van der Waals surface area contributed by atoms with Crippen LogP contribution >= 0.6 is 15.6 Å². The quantitative estimate of drug-likeness (QED) is 0.361. The maximum absolute atomic E-state index is 11.7. The number of hydrogen-bond acceptors (Lipinski definition) is 9. The van der Waals surface area contributed by atoms with E-state index >= 15 is 0 Å². The van der Waals surface area contributed by atoms with Crippen molar-refractivity contribution in [2.24, 2.45) is 0 Å². The second kappa shape index (κ2) is 7.00. The molecule has 1 aromatic heterocycles. The highest BCUT2D eigenvalue weighted by Gasteiger charge is 2.39. The highest BCUT2D eigenvalue weighted by Crippen LogP contribution is 2.57. The number of phosphoric ester groups is 1. The lowest BCUT2D eigenvalue weighted by atomic mass is 10.2. The van der Waals surface area contributed by atoms with E-state index in [0.717, 1.165) is 4.57 Å².